The van der Waals surface area contributed by atoms with Gasteiger partial charge in [0.1, 0.15) is 18.3 Å². The second-order valence-electron chi connectivity index (χ2n) is 9.40. The number of para-hydroxylation sites is 1. The summed E-state index contributed by atoms with van der Waals surface area (Å²) in [5.41, 5.74) is 12.5. The fraction of sp³-hybridized carbons (Fsp3) is 0.207. The highest BCUT2D eigenvalue weighted by Crippen LogP contribution is 2.35. The van der Waals surface area contributed by atoms with Gasteiger partial charge in [0, 0.05) is 6.42 Å². The first-order valence-electron chi connectivity index (χ1n) is 12.8. The number of benzene rings is 3. The maximum atomic E-state index is 13.8. The Bertz CT molecular complexity index is 1550. The smallest absolute Gasteiger partial charge is 0.343 e. The maximum Gasteiger partial charge on any atom is 0.343 e. The van der Waals surface area contributed by atoms with Crippen LogP contribution >= 0.6 is 0 Å². The van der Waals surface area contributed by atoms with Crippen molar-refractivity contribution in [2.45, 2.75) is 25.3 Å². The van der Waals surface area contributed by atoms with Gasteiger partial charge in [-0.25, -0.2) is 14.6 Å². The van der Waals surface area contributed by atoms with Crippen LogP contribution in [-0.4, -0.2) is 69.2 Å². The van der Waals surface area contributed by atoms with Crippen molar-refractivity contribution in [1.82, 2.24) is 4.90 Å². The first-order valence-corrected chi connectivity index (χ1v) is 12.8. The number of esters is 1. The van der Waals surface area contributed by atoms with E-state index in [4.69, 9.17) is 20.9 Å². The average molecular weight is 577 g/mol. The number of amides is 1. The summed E-state index contributed by atoms with van der Waals surface area (Å²) < 4.78 is 11.5. The number of aryl methyl sites for hydroxylation is 1. The lowest BCUT2D eigenvalue weighted by atomic mass is 10.0. The molecule has 13 nitrogen and oxygen atoms in total. The molecule has 3 aromatic rings. The van der Waals surface area contributed by atoms with Gasteiger partial charge in [-0.05, 0) is 66.4 Å². The molecular formula is C29H28N4O9. The number of carbonyl (C=O) groups is 4. The molecule has 218 valence electrons. The number of phenolic OH excluding ortho intramolecular Hbond substituents is 1. The van der Waals surface area contributed by atoms with Crippen LogP contribution in [0.2, 0.25) is 0 Å². The molecule has 1 aliphatic heterocycles. The van der Waals surface area contributed by atoms with Crippen molar-refractivity contribution in [3.63, 3.8) is 0 Å². The molecule has 7 N–H and O–H groups in total. The number of hydrogen-bond donors (Lipinski definition) is 5. The topological polar surface area (TPSA) is 215 Å². The zero-order valence-electron chi connectivity index (χ0n) is 22.2. The molecule has 0 bridgehead atoms. The fourth-order valence-electron chi connectivity index (χ4n) is 4.52. The average Bonchev–Trinajstić information content (AvgIpc) is 2.93. The molecule has 13 heteroatoms. The number of guanidine groups is 1. The van der Waals surface area contributed by atoms with Gasteiger partial charge in [-0.3, -0.25) is 9.59 Å². The summed E-state index contributed by atoms with van der Waals surface area (Å²) >= 11 is 0. The predicted molar refractivity (Wildman–Crippen MR) is 149 cm³/mol. The molecule has 1 amide bonds. The Labute approximate surface area is 239 Å². The summed E-state index contributed by atoms with van der Waals surface area (Å²) in [6.45, 7) is -0.849. The molecule has 0 saturated carbocycles. The van der Waals surface area contributed by atoms with Crippen molar-refractivity contribution in [2.75, 3.05) is 13.2 Å². The minimum absolute atomic E-state index is 0.0396. The summed E-state index contributed by atoms with van der Waals surface area (Å²) in [6, 6.07) is 12.9. The second-order valence-corrected chi connectivity index (χ2v) is 9.40. The zero-order chi connectivity index (χ0) is 30.4. The van der Waals surface area contributed by atoms with Crippen LogP contribution < -0.4 is 20.9 Å². The Morgan fingerprint density at radius 2 is 1.76 bits per heavy atom. The molecule has 1 aliphatic rings. The zero-order valence-corrected chi connectivity index (χ0v) is 22.2. The van der Waals surface area contributed by atoms with Crippen LogP contribution in [0.5, 0.6) is 17.2 Å². The van der Waals surface area contributed by atoms with Gasteiger partial charge < -0.3 is 41.2 Å². The minimum atomic E-state index is -1.58. The Balaban J connectivity index is 1.70. The molecule has 1 atom stereocenters. The number of phenols is 1. The van der Waals surface area contributed by atoms with E-state index >= 15 is 0 Å². The molecule has 0 aliphatic carbocycles. The van der Waals surface area contributed by atoms with E-state index in [-0.39, 0.29) is 47.4 Å². The van der Waals surface area contributed by atoms with Crippen LogP contribution in [0.3, 0.4) is 0 Å². The first kappa shape index (κ1) is 29.4. The third kappa shape index (κ3) is 6.94. The largest absolute Gasteiger partial charge is 0.508 e. The van der Waals surface area contributed by atoms with Gasteiger partial charge in [-0.2, -0.15) is 0 Å². The second kappa shape index (κ2) is 12.7. The maximum absolute atomic E-state index is 13.8. The predicted octanol–water partition coefficient (Wildman–Crippen LogP) is 2.06. The van der Waals surface area contributed by atoms with Crippen molar-refractivity contribution >= 4 is 35.5 Å². The molecule has 42 heavy (non-hydrogen) atoms. The Morgan fingerprint density at radius 3 is 2.43 bits per heavy atom. The molecule has 0 unspecified atom stereocenters. The number of nitrogens with zero attached hydrogens (tertiary/aromatic N) is 2. The van der Waals surface area contributed by atoms with Crippen LogP contribution in [0.1, 0.15) is 38.3 Å². The number of fused-ring (bicyclic) bond motifs is 2. The van der Waals surface area contributed by atoms with E-state index in [1.807, 2.05) is 0 Å². The van der Waals surface area contributed by atoms with Crippen molar-refractivity contribution < 1.29 is 44.0 Å². The van der Waals surface area contributed by atoms with E-state index in [0.717, 1.165) is 0 Å². The summed E-state index contributed by atoms with van der Waals surface area (Å²) in [5, 5.41) is 29.1. The minimum Gasteiger partial charge on any atom is -0.508 e. The monoisotopic (exact) mass is 576 g/mol. The lowest BCUT2D eigenvalue weighted by Crippen LogP contribution is -2.48. The van der Waals surface area contributed by atoms with Crippen LogP contribution in [0, 0.1) is 0 Å². The summed E-state index contributed by atoms with van der Waals surface area (Å²) in [5.74, 6) is -4.97. The Hall–Kier alpha value is -5.59. The fourth-order valence-corrected chi connectivity index (χ4v) is 4.52. The van der Waals surface area contributed by atoms with Crippen LogP contribution in [0.15, 0.2) is 65.7 Å². The molecule has 0 aromatic heterocycles. The number of nitrogens with two attached hydrogens (primary N) is 2. The van der Waals surface area contributed by atoms with Crippen LogP contribution in [-0.2, 0) is 22.4 Å². The number of ether oxygens (including phenoxy) is 2. The quantitative estimate of drug-likeness (QED) is 0.113. The third-order valence-electron chi connectivity index (χ3n) is 6.41. The number of aliphatic imine (C=N–C) groups is 1. The molecule has 4 rings (SSSR count). The van der Waals surface area contributed by atoms with Crippen molar-refractivity contribution in [2.24, 2.45) is 16.5 Å². The number of aliphatic carboxylic acids is 2. The van der Waals surface area contributed by atoms with Gasteiger partial charge in [0.2, 0.25) is 0 Å². The van der Waals surface area contributed by atoms with E-state index in [1.165, 1.54) is 48.5 Å². The number of carboxylic acids is 2. The summed E-state index contributed by atoms with van der Waals surface area (Å²) in [4.78, 5) is 55.7. The lowest BCUT2D eigenvalue weighted by Gasteiger charge is -2.29. The Kier molecular flexibility index (Phi) is 8.90. The Morgan fingerprint density at radius 1 is 1.02 bits per heavy atom. The van der Waals surface area contributed by atoms with E-state index < -0.39 is 36.4 Å². The standard InChI is InChI=1S/C29H28N4O9/c30-29(31)32-18-8-11-20-17(14-18)3-2-12-41-25-21(4-1-5-23(25)42-28(20)40)26(37)33(15-24(35)36)22(27(38)39)13-16-6-9-19(34)10-7-16/h1,4-11,14,22,34H,2-3,12-13,15H2,(H,35,36)(H,38,39)(H4,30,31,32)/t22-/m0/s1. The molecule has 0 fully saturated rings. The van der Waals surface area contributed by atoms with Crippen molar-refractivity contribution in [3.05, 3.63) is 82.9 Å². The molecule has 0 radical (unpaired) electrons. The van der Waals surface area contributed by atoms with E-state index in [9.17, 15) is 34.5 Å². The van der Waals surface area contributed by atoms with Crippen molar-refractivity contribution in [3.8, 4) is 17.2 Å². The molecule has 3 aromatic carbocycles. The van der Waals surface area contributed by atoms with E-state index in [1.54, 1.807) is 12.1 Å². The number of carbonyl (C=O) groups excluding carboxylic acids is 2. The van der Waals surface area contributed by atoms with Crippen LogP contribution in [0.4, 0.5) is 5.69 Å². The SMILES string of the molecule is NC(N)=Nc1ccc2c(c1)CCCOc1c(cccc1C(=O)N(CC(=O)O)[C@@H](Cc1ccc(O)cc1)C(=O)O)OC2=O. The highest BCUT2D eigenvalue weighted by atomic mass is 16.6. The number of rotatable bonds is 8. The van der Waals surface area contributed by atoms with E-state index in [2.05, 4.69) is 4.99 Å². The normalized spacial score (nSPS) is 13.3. The highest BCUT2D eigenvalue weighted by molar-refractivity contribution is 6.02. The first-order chi connectivity index (χ1) is 20.0. The number of aromatic hydroxyl groups is 1. The third-order valence-corrected chi connectivity index (χ3v) is 6.41. The molecule has 0 saturated heterocycles. The highest BCUT2D eigenvalue weighted by Gasteiger charge is 2.34. The van der Waals surface area contributed by atoms with Gasteiger partial charge in [-0.1, -0.05) is 18.2 Å². The molecule has 0 spiro atoms. The van der Waals surface area contributed by atoms with Gasteiger partial charge in [0.25, 0.3) is 5.91 Å². The summed E-state index contributed by atoms with van der Waals surface area (Å²) in [6.07, 6.45) is 0.547. The lowest BCUT2D eigenvalue weighted by molar-refractivity contribution is -0.144. The molecule has 1 heterocycles. The van der Waals surface area contributed by atoms with Gasteiger partial charge in [-0.15, -0.1) is 0 Å². The molecular weight excluding hydrogens is 548 g/mol. The van der Waals surface area contributed by atoms with Crippen LogP contribution in [0.25, 0.3) is 0 Å². The number of carboxylic acid groups (broad SMARTS) is 2. The van der Waals surface area contributed by atoms with E-state index in [0.29, 0.717) is 34.6 Å². The van der Waals surface area contributed by atoms with Gasteiger partial charge in [0.15, 0.2) is 17.5 Å². The number of hydrogen-bond acceptors (Lipinski definition) is 8. The van der Waals surface area contributed by atoms with Gasteiger partial charge in [0.05, 0.1) is 23.4 Å². The van der Waals surface area contributed by atoms with Gasteiger partial charge >= 0.3 is 17.9 Å². The van der Waals surface area contributed by atoms with Crippen molar-refractivity contribution in [1.29, 1.82) is 0 Å². The summed E-state index contributed by atoms with van der Waals surface area (Å²) in [7, 11) is 0.